The first-order chi connectivity index (χ1) is 15.4. The SMILES string of the molecule is CC(=O)N1CCCC[C@@H]1C(=O)Nc1ccc(O[C@H]2CCN(c3cccc(Cl)c3)C2)c(Cl)c1. The van der Waals surface area contributed by atoms with Crippen LogP contribution in [0.2, 0.25) is 10.0 Å². The van der Waals surface area contributed by atoms with Gasteiger partial charge in [0.2, 0.25) is 11.8 Å². The van der Waals surface area contributed by atoms with E-state index in [1.165, 1.54) is 6.92 Å². The summed E-state index contributed by atoms with van der Waals surface area (Å²) in [5, 5.41) is 4.05. The van der Waals surface area contributed by atoms with Gasteiger partial charge in [-0.2, -0.15) is 0 Å². The molecule has 8 heteroatoms. The van der Waals surface area contributed by atoms with Crippen molar-refractivity contribution in [1.29, 1.82) is 0 Å². The van der Waals surface area contributed by atoms with Crippen LogP contribution in [0.25, 0.3) is 0 Å². The Morgan fingerprint density at radius 3 is 2.66 bits per heavy atom. The second kappa shape index (κ2) is 10.0. The maximum absolute atomic E-state index is 12.8. The summed E-state index contributed by atoms with van der Waals surface area (Å²) in [6, 6.07) is 12.6. The lowest BCUT2D eigenvalue weighted by Crippen LogP contribution is -2.49. The van der Waals surface area contributed by atoms with Gasteiger partial charge >= 0.3 is 0 Å². The molecule has 0 aliphatic carbocycles. The van der Waals surface area contributed by atoms with E-state index in [0.717, 1.165) is 38.0 Å². The zero-order valence-electron chi connectivity index (χ0n) is 18.0. The molecule has 0 radical (unpaired) electrons. The normalized spacial score (nSPS) is 20.8. The molecule has 0 unspecified atom stereocenters. The average molecular weight is 476 g/mol. The minimum atomic E-state index is -0.438. The molecule has 2 aliphatic heterocycles. The zero-order valence-corrected chi connectivity index (χ0v) is 19.5. The molecule has 0 spiro atoms. The van der Waals surface area contributed by atoms with E-state index in [9.17, 15) is 9.59 Å². The summed E-state index contributed by atoms with van der Waals surface area (Å²) in [7, 11) is 0. The summed E-state index contributed by atoms with van der Waals surface area (Å²) >= 11 is 12.6. The van der Waals surface area contributed by atoms with Gasteiger partial charge in [0.05, 0.1) is 11.6 Å². The third kappa shape index (κ3) is 5.30. The molecular formula is C24H27Cl2N3O3. The van der Waals surface area contributed by atoms with Crippen LogP contribution in [0.4, 0.5) is 11.4 Å². The van der Waals surface area contributed by atoms with E-state index in [4.69, 9.17) is 27.9 Å². The second-order valence-corrected chi connectivity index (χ2v) is 9.16. The van der Waals surface area contributed by atoms with Crippen LogP contribution >= 0.6 is 23.2 Å². The average Bonchev–Trinajstić information content (AvgIpc) is 3.24. The van der Waals surface area contributed by atoms with Crippen LogP contribution in [0.1, 0.15) is 32.6 Å². The molecular weight excluding hydrogens is 449 g/mol. The Kier molecular flexibility index (Phi) is 7.11. The third-order valence-electron chi connectivity index (χ3n) is 6.02. The van der Waals surface area contributed by atoms with E-state index in [1.54, 1.807) is 23.1 Å². The van der Waals surface area contributed by atoms with Crippen molar-refractivity contribution < 1.29 is 14.3 Å². The fraction of sp³-hybridized carbons (Fsp3) is 0.417. The molecule has 4 rings (SSSR count). The number of piperidine rings is 1. The van der Waals surface area contributed by atoms with Gasteiger partial charge in [-0.1, -0.05) is 29.3 Å². The number of rotatable bonds is 5. The van der Waals surface area contributed by atoms with Gasteiger partial charge in [0.15, 0.2) is 0 Å². The van der Waals surface area contributed by atoms with Crippen molar-refractivity contribution in [3.05, 3.63) is 52.5 Å². The van der Waals surface area contributed by atoms with Crippen LogP contribution in [0.15, 0.2) is 42.5 Å². The molecule has 2 heterocycles. The van der Waals surface area contributed by atoms with Gasteiger partial charge in [-0.25, -0.2) is 0 Å². The lowest BCUT2D eigenvalue weighted by atomic mass is 10.0. The molecule has 170 valence electrons. The molecule has 2 atom stereocenters. The Hall–Kier alpha value is -2.44. The standard InChI is InChI=1S/C24H27Cl2N3O3/c1-16(30)29-11-3-2-7-22(29)24(31)27-18-8-9-23(21(26)14-18)32-20-10-12-28(15-20)19-6-4-5-17(25)13-19/h4-6,8-9,13-14,20,22H,2-3,7,10-12,15H2,1H3,(H,27,31)/t20-,22+/m0/s1. The molecule has 2 aliphatic rings. The Balaban J connectivity index is 1.36. The third-order valence-corrected chi connectivity index (χ3v) is 6.55. The van der Waals surface area contributed by atoms with Crippen LogP contribution in [0.5, 0.6) is 5.75 Å². The summed E-state index contributed by atoms with van der Waals surface area (Å²) in [6.07, 6.45) is 3.42. The van der Waals surface area contributed by atoms with Crippen molar-refractivity contribution in [2.75, 3.05) is 29.9 Å². The molecule has 2 fully saturated rings. The summed E-state index contributed by atoms with van der Waals surface area (Å²) in [6.45, 7) is 3.75. The number of ether oxygens (including phenoxy) is 1. The lowest BCUT2D eigenvalue weighted by molar-refractivity contribution is -0.138. The van der Waals surface area contributed by atoms with Gasteiger partial charge < -0.3 is 19.9 Å². The fourth-order valence-electron chi connectivity index (χ4n) is 4.39. The van der Waals surface area contributed by atoms with Gasteiger partial charge in [0.25, 0.3) is 0 Å². The van der Waals surface area contributed by atoms with E-state index >= 15 is 0 Å². The van der Waals surface area contributed by atoms with E-state index in [-0.39, 0.29) is 17.9 Å². The Labute approximate surface area is 198 Å². The maximum atomic E-state index is 12.8. The van der Waals surface area contributed by atoms with Crippen molar-refractivity contribution in [3.63, 3.8) is 0 Å². The van der Waals surface area contributed by atoms with Gasteiger partial charge in [-0.05, 0) is 55.7 Å². The van der Waals surface area contributed by atoms with E-state index in [2.05, 4.69) is 10.2 Å². The number of nitrogens with zero attached hydrogens (tertiary/aromatic N) is 2. The van der Waals surface area contributed by atoms with Gasteiger partial charge in [0.1, 0.15) is 17.9 Å². The molecule has 1 N–H and O–H groups in total. The highest BCUT2D eigenvalue weighted by atomic mass is 35.5. The number of halogens is 2. The fourth-order valence-corrected chi connectivity index (χ4v) is 4.80. The minimum absolute atomic E-state index is 0.0123. The smallest absolute Gasteiger partial charge is 0.247 e. The van der Waals surface area contributed by atoms with Crippen LogP contribution < -0.4 is 15.0 Å². The highest BCUT2D eigenvalue weighted by Gasteiger charge is 2.30. The highest BCUT2D eigenvalue weighted by Crippen LogP contribution is 2.32. The molecule has 32 heavy (non-hydrogen) atoms. The molecule has 2 saturated heterocycles. The molecule has 0 bridgehead atoms. The number of carbonyl (C=O) groups excluding carboxylic acids is 2. The first-order valence-electron chi connectivity index (χ1n) is 11.0. The van der Waals surface area contributed by atoms with Gasteiger partial charge in [0, 0.05) is 42.8 Å². The first kappa shape index (κ1) is 22.7. The summed E-state index contributed by atoms with van der Waals surface area (Å²) in [5.74, 6) is 0.332. The molecule has 2 aromatic carbocycles. The summed E-state index contributed by atoms with van der Waals surface area (Å²) in [4.78, 5) is 28.5. The highest BCUT2D eigenvalue weighted by molar-refractivity contribution is 6.32. The second-order valence-electron chi connectivity index (χ2n) is 8.31. The molecule has 2 aromatic rings. The van der Waals surface area contributed by atoms with Crippen molar-refractivity contribution in [2.24, 2.45) is 0 Å². The molecule has 0 saturated carbocycles. The van der Waals surface area contributed by atoms with Crippen LogP contribution in [0, 0.1) is 0 Å². The van der Waals surface area contributed by atoms with Crippen molar-refractivity contribution in [1.82, 2.24) is 4.90 Å². The number of amides is 2. The Bertz CT molecular complexity index is 1000. The molecule has 6 nitrogen and oxygen atoms in total. The predicted molar refractivity (Wildman–Crippen MR) is 128 cm³/mol. The van der Waals surface area contributed by atoms with E-state index in [0.29, 0.717) is 34.4 Å². The monoisotopic (exact) mass is 475 g/mol. The van der Waals surface area contributed by atoms with E-state index in [1.807, 2.05) is 24.3 Å². The number of nitrogens with one attached hydrogen (secondary N) is 1. The van der Waals surface area contributed by atoms with Crippen LogP contribution in [0.3, 0.4) is 0 Å². The number of hydrogen-bond donors (Lipinski definition) is 1. The van der Waals surface area contributed by atoms with Crippen molar-refractivity contribution >= 4 is 46.4 Å². The van der Waals surface area contributed by atoms with Crippen molar-refractivity contribution in [3.8, 4) is 5.75 Å². The van der Waals surface area contributed by atoms with E-state index < -0.39 is 6.04 Å². The minimum Gasteiger partial charge on any atom is -0.487 e. The first-order valence-corrected chi connectivity index (χ1v) is 11.7. The van der Waals surface area contributed by atoms with Crippen LogP contribution in [-0.2, 0) is 9.59 Å². The Morgan fingerprint density at radius 2 is 1.91 bits per heavy atom. The zero-order chi connectivity index (χ0) is 22.7. The van der Waals surface area contributed by atoms with Crippen LogP contribution in [-0.4, -0.2) is 48.5 Å². The summed E-state index contributed by atoms with van der Waals surface area (Å²) < 4.78 is 6.14. The maximum Gasteiger partial charge on any atom is 0.247 e. The largest absolute Gasteiger partial charge is 0.487 e. The van der Waals surface area contributed by atoms with Crippen molar-refractivity contribution in [2.45, 2.75) is 44.8 Å². The number of likely N-dealkylation sites (tertiary alicyclic amines) is 1. The predicted octanol–water partition coefficient (Wildman–Crippen LogP) is 4.99. The summed E-state index contributed by atoms with van der Waals surface area (Å²) in [5.41, 5.74) is 1.67. The van der Waals surface area contributed by atoms with Gasteiger partial charge in [-0.15, -0.1) is 0 Å². The molecule has 0 aromatic heterocycles. The van der Waals surface area contributed by atoms with Gasteiger partial charge in [-0.3, -0.25) is 9.59 Å². The lowest BCUT2D eigenvalue weighted by Gasteiger charge is -2.33. The number of carbonyl (C=O) groups is 2. The topological polar surface area (TPSA) is 61.9 Å². The number of benzene rings is 2. The number of hydrogen-bond acceptors (Lipinski definition) is 4. The Morgan fingerprint density at radius 1 is 1.06 bits per heavy atom. The molecule has 2 amide bonds. The quantitative estimate of drug-likeness (QED) is 0.661. The number of anilines is 2.